The van der Waals surface area contributed by atoms with Gasteiger partial charge in [0, 0.05) is 5.88 Å². The molecule has 0 aromatic heterocycles. The SMILES string of the molecule is CC(C)=CCC/C(C)=C/COc1ccc(CCl)cc1. The van der Waals surface area contributed by atoms with Gasteiger partial charge in [-0.25, -0.2) is 0 Å². The minimum absolute atomic E-state index is 0.545. The van der Waals surface area contributed by atoms with E-state index in [1.165, 1.54) is 11.1 Å². The van der Waals surface area contributed by atoms with Crippen molar-refractivity contribution in [2.75, 3.05) is 6.61 Å². The average molecular weight is 279 g/mol. The lowest BCUT2D eigenvalue weighted by Crippen LogP contribution is -1.94. The fourth-order valence-electron chi connectivity index (χ4n) is 1.65. The molecular weight excluding hydrogens is 256 g/mol. The molecule has 0 fully saturated rings. The molecule has 2 heteroatoms. The Bertz CT molecular complexity index is 425. The molecule has 0 atom stereocenters. The quantitative estimate of drug-likeness (QED) is 0.473. The molecule has 0 aliphatic heterocycles. The summed E-state index contributed by atoms with van der Waals surface area (Å²) in [6.07, 6.45) is 6.62. The van der Waals surface area contributed by atoms with Crippen LogP contribution in [0.1, 0.15) is 39.2 Å². The van der Waals surface area contributed by atoms with Crippen molar-refractivity contribution in [3.63, 3.8) is 0 Å². The maximum atomic E-state index is 5.74. The molecule has 0 bridgehead atoms. The number of hydrogen-bond acceptors (Lipinski definition) is 1. The minimum Gasteiger partial charge on any atom is -0.490 e. The van der Waals surface area contributed by atoms with Crippen LogP contribution in [0.5, 0.6) is 5.75 Å². The smallest absolute Gasteiger partial charge is 0.119 e. The predicted octanol–water partition coefficient (Wildman–Crippen LogP) is 5.50. The molecule has 0 amide bonds. The van der Waals surface area contributed by atoms with Crippen molar-refractivity contribution in [2.24, 2.45) is 0 Å². The van der Waals surface area contributed by atoms with Gasteiger partial charge in [-0.3, -0.25) is 0 Å². The molecule has 0 heterocycles. The Morgan fingerprint density at radius 3 is 2.37 bits per heavy atom. The maximum Gasteiger partial charge on any atom is 0.119 e. The number of hydrogen-bond donors (Lipinski definition) is 0. The van der Waals surface area contributed by atoms with E-state index in [0.29, 0.717) is 12.5 Å². The fourth-order valence-corrected chi connectivity index (χ4v) is 1.82. The lowest BCUT2D eigenvalue weighted by molar-refractivity contribution is 0.361. The third-order valence-electron chi connectivity index (χ3n) is 2.85. The molecule has 1 nitrogen and oxygen atoms in total. The largest absolute Gasteiger partial charge is 0.490 e. The molecule has 0 aliphatic rings. The van der Waals surface area contributed by atoms with Gasteiger partial charge in [-0.1, -0.05) is 29.4 Å². The lowest BCUT2D eigenvalue weighted by atomic mass is 10.1. The van der Waals surface area contributed by atoms with Crippen molar-refractivity contribution >= 4 is 11.6 Å². The van der Waals surface area contributed by atoms with E-state index in [0.717, 1.165) is 24.2 Å². The Morgan fingerprint density at radius 1 is 1.11 bits per heavy atom. The molecule has 0 saturated heterocycles. The zero-order chi connectivity index (χ0) is 14.1. The van der Waals surface area contributed by atoms with Gasteiger partial charge in [0.15, 0.2) is 0 Å². The number of rotatable bonds is 7. The lowest BCUT2D eigenvalue weighted by Gasteiger charge is -2.05. The van der Waals surface area contributed by atoms with Gasteiger partial charge in [0.25, 0.3) is 0 Å². The first-order valence-electron chi connectivity index (χ1n) is 6.68. The molecule has 1 aromatic rings. The predicted molar refractivity (Wildman–Crippen MR) is 83.9 cm³/mol. The average Bonchev–Trinajstić information content (AvgIpc) is 2.39. The second kappa shape index (κ2) is 8.82. The monoisotopic (exact) mass is 278 g/mol. The van der Waals surface area contributed by atoms with Gasteiger partial charge in [-0.15, -0.1) is 11.6 Å². The van der Waals surface area contributed by atoms with Crippen molar-refractivity contribution in [1.29, 1.82) is 0 Å². The minimum atomic E-state index is 0.545. The van der Waals surface area contributed by atoms with E-state index in [1.807, 2.05) is 24.3 Å². The van der Waals surface area contributed by atoms with E-state index in [-0.39, 0.29) is 0 Å². The molecule has 0 saturated carbocycles. The molecule has 0 unspecified atom stereocenters. The van der Waals surface area contributed by atoms with Crippen molar-refractivity contribution in [1.82, 2.24) is 0 Å². The van der Waals surface area contributed by atoms with Crippen LogP contribution in [0.25, 0.3) is 0 Å². The van der Waals surface area contributed by atoms with Crippen LogP contribution in [0.15, 0.2) is 47.6 Å². The highest BCUT2D eigenvalue weighted by molar-refractivity contribution is 6.17. The summed E-state index contributed by atoms with van der Waals surface area (Å²) < 4.78 is 5.67. The van der Waals surface area contributed by atoms with Crippen LogP contribution >= 0.6 is 11.6 Å². The van der Waals surface area contributed by atoms with Crippen LogP contribution in [0.3, 0.4) is 0 Å². The van der Waals surface area contributed by atoms with Crippen LogP contribution in [0.4, 0.5) is 0 Å². The third-order valence-corrected chi connectivity index (χ3v) is 3.16. The Morgan fingerprint density at radius 2 is 1.79 bits per heavy atom. The summed E-state index contributed by atoms with van der Waals surface area (Å²) in [5, 5.41) is 0. The zero-order valence-corrected chi connectivity index (χ0v) is 12.8. The van der Waals surface area contributed by atoms with Crippen LogP contribution in [-0.2, 0) is 5.88 Å². The van der Waals surface area contributed by atoms with Crippen LogP contribution in [-0.4, -0.2) is 6.61 Å². The highest BCUT2D eigenvalue weighted by atomic mass is 35.5. The molecule has 19 heavy (non-hydrogen) atoms. The normalized spacial score (nSPS) is 11.3. The summed E-state index contributed by atoms with van der Waals surface area (Å²) in [5.74, 6) is 1.44. The highest BCUT2D eigenvalue weighted by Crippen LogP contribution is 2.14. The van der Waals surface area contributed by atoms with Crippen molar-refractivity contribution in [3.05, 3.63) is 53.1 Å². The number of halogens is 1. The summed E-state index contributed by atoms with van der Waals surface area (Å²) in [7, 11) is 0. The van der Waals surface area contributed by atoms with E-state index in [2.05, 4.69) is 32.9 Å². The third kappa shape index (κ3) is 7.07. The molecular formula is C17H23ClO. The van der Waals surface area contributed by atoms with Gasteiger partial charge < -0.3 is 4.74 Å². The van der Waals surface area contributed by atoms with Gasteiger partial charge in [0.2, 0.25) is 0 Å². The fraction of sp³-hybridized carbons (Fsp3) is 0.412. The van der Waals surface area contributed by atoms with E-state index in [4.69, 9.17) is 16.3 Å². The van der Waals surface area contributed by atoms with E-state index >= 15 is 0 Å². The molecule has 0 N–H and O–H groups in total. The summed E-state index contributed by atoms with van der Waals surface area (Å²) >= 11 is 5.74. The molecule has 1 aromatic carbocycles. The summed E-state index contributed by atoms with van der Waals surface area (Å²) in [4.78, 5) is 0. The second-order valence-corrected chi connectivity index (χ2v) is 5.23. The number of ether oxygens (including phenoxy) is 1. The van der Waals surface area contributed by atoms with Gasteiger partial charge in [0.05, 0.1) is 0 Å². The topological polar surface area (TPSA) is 9.23 Å². The Balaban J connectivity index is 2.33. The maximum absolute atomic E-state index is 5.74. The molecule has 104 valence electrons. The molecule has 0 spiro atoms. The first-order chi connectivity index (χ1) is 9.11. The second-order valence-electron chi connectivity index (χ2n) is 4.96. The zero-order valence-electron chi connectivity index (χ0n) is 12.1. The van der Waals surface area contributed by atoms with Gasteiger partial charge in [-0.05, 0) is 57.4 Å². The molecule has 1 rings (SSSR count). The standard InChI is InChI=1S/C17H23ClO/c1-14(2)5-4-6-15(3)11-12-19-17-9-7-16(13-18)8-10-17/h5,7-11H,4,6,12-13H2,1-3H3/b15-11+. The summed E-state index contributed by atoms with van der Waals surface area (Å²) in [5.41, 5.74) is 3.86. The van der Waals surface area contributed by atoms with E-state index < -0.39 is 0 Å². The Labute approximate surface area is 121 Å². The first kappa shape index (κ1) is 15.8. The van der Waals surface area contributed by atoms with Crippen molar-refractivity contribution < 1.29 is 4.74 Å². The number of alkyl halides is 1. The Hall–Kier alpha value is -1.21. The van der Waals surface area contributed by atoms with Crippen molar-refractivity contribution in [3.8, 4) is 5.75 Å². The van der Waals surface area contributed by atoms with E-state index in [9.17, 15) is 0 Å². The summed E-state index contributed by atoms with van der Waals surface area (Å²) in [6.45, 7) is 7.04. The highest BCUT2D eigenvalue weighted by Gasteiger charge is 1.94. The number of benzene rings is 1. The molecule has 0 radical (unpaired) electrons. The Kier molecular flexibility index (Phi) is 7.35. The molecule has 0 aliphatic carbocycles. The summed E-state index contributed by atoms with van der Waals surface area (Å²) in [6, 6.07) is 7.91. The van der Waals surface area contributed by atoms with Gasteiger partial charge in [0.1, 0.15) is 12.4 Å². The first-order valence-corrected chi connectivity index (χ1v) is 7.22. The van der Waals surface area contributed by atoms with Crippen molar-refractivity contribution in [2.45, 2.75) is 39.5 Å². The van der Waals surface area contributed by atoms with Crippen LogP contribution < -0.4 is 4.74 Å². The number of allylic oxidation sites excluding steroid dienone is 3. The van der Waals surface area contributed by atoms with Crippen LogP contribution in [0, 0.1) is 0 Å². The van der Waals surface area contributed by atoms with E-state index in [1.54, 1.807) is 0 Å². The van der Waals surface area contributed by atoms with Crippen LogP contribution in [0.2, 0.25) is 0 Å². The van der Waals surface area contributed by atoms with Gasteiger partial charge in [-0.2, -0.15) is 0 Å². The van der Waals surface area contributed by atoms with Gasteiger partial charge >= 0.3 is 0 Å².